The van der Waals surface area contributed by atoms with Gasteiger partial charge in [0.05, 0.1) is 0 Å². The summed E-state index contributed by atoms with van der Waals surface area (Å²) in [5.41, 5.74) is 2.91. The Hall–Kier alpha value is -0.820. The zero-order chi connectivity index (χ0) is 13.0. The predicted octanol–water partition coefficient (Wildman–Crippen LogP) is 4.48. The topological polar surface area (TPSA) is 12.0 Å². The van der Waals surface area contributed by atoms with Gasteiger partial charge in [-0.3, -0.25) is 0 Å². The van der Waals surface area contributed by atoms with Crippen molar-refractivity contribution in [3.05, 3.63) is 35.4 Å². The molecule has 0 aromatic heterocycles. The Morgan fingerprint density at radius 2 is 1.94 bits per heavy atom. The van der Waals surface area contributed by atoms with Crippen molar-refractivity contribution in [2.24, 2.45) is 5.92 Å². The second kappa shape index (κ2) is 6.38. The summed E-state index contributed by atoms with van der Waals surface area (Å²) in [5, 5.41) is 3.73. The molecule has 1 aromatic rings. The first-order chi connectivity index (χ1) is 8.74. The number of hydrogen-bond acceptors (Lipinski definition) is 1. The largest absolute Gasteiger partial charge is 0.307 e. The number of unbranched alkanes of at least 4 members (excludes halogenated alkanes) is 1. The van der Waals surface area contributed by atoms with Gasteiger partial charge in [0.15, 0.2) is 0 Å². The monoisotopic (exact) mass is 245 g/mol. The van der Waals surface area contributed by atoms with Crippen molar-refractivity contribution in [1.82, 2.24) is 5.32 Å². The summed E-state index contributed by atoms with van der Waals surface area (Å²) >= 11 is 0. The molecule has 0 amide bonds. The molecule has 100 valence electrons. The van der Waals surface area contributed by atoms with Gasteiger partial charge in [0.2, 0.25) is 0 Å². The lowest BCUT2D eigenvalue weighted by Gasteiger charge is -2.14. The lowest BCUT2D eigenvalue weighted by Crippen LogP contribution is -2.22. The maximum absolute atomic E-state index is 3.73. The predicted molar refractivity (Wildman–Crippen MR) is 78.8 cm³/mol. The summed E-state index contributed by atoms with van der Waals surface area (Å²) in [6.07, 6.45) is 6.49. The summed E-state index contributed by atoms with van der Waals surface area (Å²) < 4.78 is 0. The Bertz CT molecular complexity index is 354. The minimum absolute atomic E-state index is 0.492. The Morgan fingerprint density at radius 1 is 1.22 bits per heavy atom. The molecule has 0 heterocycles. The zero-order valence-electron chi connectivity index (χ0n) is 12.1. The van der Waals surface area contributed by atoms with Gasteiger partial charge in [0, 0.05) is 12.1 Å². The molecule has 0 bridgehead atoms. The standard InChI is InChI=1S/C17H27N/c1-4-6-7-14-8-10-16(11-9-14)13(3)18-17-12-15(17)5-2/h8-11,13,15,17-18H,4-7,12H2,1-3H3. The molecule has 1 aliphatic rings. The van der Waals surface area contributed by atoms with Crippen molar-refractivity contribution < 1.29 is 0 Å². The third kappa shape index (κ3) is 3.58. The smallest absolute Gasteiger partial charge is 0.0294 e. The first kappa shape index (κ1) is 13.6. The highest BCUT2D eigenvalue weighted by molar-refractivity contribution is 5.25. The number of benzene rings is 1. The third-order valence-electron chi connectivity index (χ3n) is 4.21. The molecule has 1 aliphatic carbocycles. The van der Waals surface area contributed by atoms with E-state index in [-0.39, 0.29) is 0 Å². The van der Waals surface area contributed by atoms with Gasteiger partial charge in [-0.15, -0.1) is 0 Å². The van der Waals surface area contributed by atoms with Crippen LogP contribution in [0.25, 0.3) is 0 Å². The number of aryl methyl sites for hydroxylation is 1. The van der Waals surface area contributed by atoms with E-state index in [1.807, 2.05) is 0 Å². The Kier molecular flexibility index (Phi) is 4.82. The highest BCUT2D eigenvalue weighted by atomic mass is 15.0. The van der Waals surface area contributed by atoms with Crippen LogP contribution in [0.5, 0.6) is 0 Å². The van der Waals surface area contributed by atoms with Crippen molar-refractivity contribution in [3.63, 3.8) is 0 Å². The van der Waals surface area contributed by atoms with Crippen LogP contribution in [0.1, 0.15) is 63.6 Å². The van der Waals surface area contributed by atoms with Crippen LogP contribution in [-0.4, -0.2) is 6.04 Å². The first-order valence-corrected chi connectivity index (χ1v) is 7.59. The third-order valence-corrected chi connectivity index (χ3v) is 4.21. The number of hydrogen-bond donors (Lipinski definition) is 1. The minimum atomic E-state index is 0.492. The fourth-order valence-electron chi connectivity index (χ4n) is 2.67. The van der Waals surface area contributed by atoms with E-state index in [0.29, 0.717) is 6.04 Å². The summed E-state index contributed by atoms with van der Waals surface area (Å²) in [6.45, 7) is 6.83. The van der Waals surface area contributed by atoms with E-state index in [0.717, 1.165) is 12.0 Å². The average Bonchev–Trinajstić information content (AvgIpc) is 3.15. The summed E-state index contributed by atoms with van der Waals surface area (Å²) in [5.74, 6) is 0.927. The second-order valence-corrected chi connectivity index (χ2v) is 5.74. The fraction of sp³-hybridized carbons (Fsp3) is 0.647. The summed E-state index contributed by atoms with van der Waals surface area (Å²) in [7, 11) is 0. The maximum atomic E-state index is 3.73. The van der Waals surface area contributed by atoms with E-state index in [1.54, 1.807) is 0 Å². The molecule has 0 aliphatic heterocycles. The molecule has 2 rings (SSSR count). The van der Waals surface area contributed by atoms with E-state index in [9.17, 15) is 0 Å². The van der Waals surface area contributed by atoms with Gasteiger partial charge in [0.1, 0.15) is 0 Å². The molecule has 3 atom stereocenters. The minimum Gasteiger partial charge on any atom is -0.307 e. The molecular formula is C17H27N. The molecule has 3 unspecified atom stereocenters. The summed E-state index contributed by atoms with van der Waals surface area (Å²) in [6, 6.07) is 10.5. The van der Waals surface area contributed by atoms with Gasteiger partial charge < -0.3 is 5.32 Å². The second-order valence-electron chi connectivity index (χ2n) is 5.74. The van der Waals surface area contributed by atoms with Gasteiger partial charge in [-0.25, -0.2) is 0 Å². The van der Waals surface area contributed by atoms with E-state index in [4.69, 9.17) is 0 Å². The summed E-state index contributed by atoms with van der Waals surface area (Å²) in [4.78, 5) is 0. The van der Waals surface area contributed by atoms with E-state index in [2.05, 4.69) is 50.4 Å². The Balaban J connectivity index is 1.84. The van der Waals surface area contributed by atoms with Crippen molar-refractivity contribution in [2.45, 2.75) is 65.0 Å². The molecular weight excluding hydrogens is 218 g/mol. The Labute approximate surface area is 112 Å². The van der Waals surface area contributed by atoms with Crippen LogP contribution in [0.3, 0.4) is 0 Å². The van der Waals surface area contributed by atoms with Crippen LogP contribution < -0.4 is 5.32 Å². The first-order valence-electron chi connectivity index (χ1n) is 7.59. The highest BCUT2D eigenvalue weighted by Crippen LogP contribution is 2.35. The average molecular weight is 245 g/mol. The van der Waals surface area contributed by atoms with Crippen molar-refractivity contribution >= 4 is 0 Å². The van der Waals surface area contributed by atoms with Gasteiger partial charge >= 0.3 is 0 Å². The molecule has 0 saturated heterocycles. The lowest BCUT2D eigenvalue weighted by molar-refractivity contribution is 0.539. The number of nitrogens with one attached hydrogen (secondary N) is 1. The van der Waals surface area contributed by atoms with Crippen LogP contribution >= 0.6 is 0 Å². The number of rotatable bonds is 7. The van der Waals surface area contributed by atoms with Crippen LogP contribution in [0.4, 0.5) is 0 Å². The van der Waals surface area contributed by atoms with Gasteiger partial charge in [-0.2, -0.15) is 0 Å². The van der Waals surface area contributed by atoms with Crippen LogP contribution in [-0.2, 0) is 6.42 Å². The lowest BCUT2D eigenvalue weighted by atomic mass is 10.0. The van der Waals surface area contributed by atoms with Crippen molar-refractivity contribution in [3.8, 4) is 0 Å². The van der Waals surface area contributed by atoms with E-state index < -0.39 is 0 Å². The molecule has 18 heavy (non-hydrogen) atoms. The fourth-order valence-corrected chi connectivity index (χ4v) is 2.67. The molecule has 1 aromatic carbocycles. The van der Waals surface area contributed by atoms with Gasteiger partial charge in [-0.1, -0.05) is 51.0 Å². The van der Waals surface area contributed by atoms with Gasteiger partial charge in [-0.05, 0) is 43.2 Å². The van der Waals surface area contributed by atoms with Crippen LogP contribution in [0.2, 0.25) is 0 Å². The molecule has 1 saturated carbocycles. The van der Waals surface area contributed by atoms with Crippen molar-refractivity contribution in [2.75, 3.05) is 0 Å². The zero-order valence-corrected chi connectivity index (χ0v) is 12.1. The van der Waals surface area contributed by atoms with Crippen LogP contribution in [0.15, 0.2) is 24.3 Å². The maximum Gasteiger partial charge on any atom is 0.0294 e. The van der Waals surface area contributed by atoms with Crippen molar-refractivity contribution in [1.29, 1.82) is 0 Å². The quantitative estimate of drug-likeness (QED) is 0.747. The van der Waals surface area contributed by atoms with Gasteiger partial charge in [0.25, 0.3) is 0 Å². The molecule has 1 nitrogen and oxygen atoms in total. The normalized spacial score (nSPS) is 23.9. The SMILES string of the molecule is CCCCc1ccc(C(C)NC2CC2CC)cc1. The highest BCUT2D eigenvalue weighted by Gasteiger charge is 2.35. The molecule has 0 spiro atoms. The molecule has 0 radical (unpaired) electrons. The van der Waals surface area contributed by atoms with E-state index in [1.165, 1.54) is 43.2 Å². The van der Waals surface area contributed by atoms with E-state index >= 15 is 0 Å². The molecule has 1 fully saturated rings. The van der Waals surface area contributed by atoms with Crippen LogP contribution in [0, 0.1) is 5.92 Å². The Morgan fingerprint density at radius 3 is 2.50 bits per heavy atom. The molecule has 1 N–H and O–H groups in total. The molecule has 1 heteroatoms.